The fraction of sp³-hybridized carbons (Fsp3) is 0.150. The van der Waals surface area contributed by atoms with Crippen LogP contribution in [0, 0.1) is 12.7 Å². The van der Waals surface area contributed by atoms with Crippen molar-refractivity contribution in [2.75, 3.05) is 12.4 Å². The number of aromatic nitrogens is 2. The lowest BCUT2D eigenvalue weighted by molar-refractivity contribution is 0.103. The predicted molar refractivity (Wildman–Crippen MR) is 112 cm³/mol. The molecule has 1 N–H and O–H groups in total. The van der Waals surface area contributed by atoms with Crippen LogP contribution in [0.25, 0.3) is 10.2 Å². The van der Waals surface area contributed by atoms with Gasteiger partial charge in [0.15, 0.2) is 5.13 Å². The molecule has 0 aliphatic rings. The minimum Gasteiger partial charge on any atom is -0.497 e. The lowest BCUT2D eigenvalue weighted by Gasteiger charge is -2.03. The highest BCUT2D eigenvalue weighted by molar-refractivity contribution is 7.22. The number of nitrogens with zero attached hydrogens (tertiary/aromatic N) is 2. The number of hydrogen-bond donors (Lipinski definition) is 1. The molecule has 0 radical (unpaired) electrons. The van der Waals surface area contributed by atoms with E-state index in [9.17, 15) is 9.18 Å². The number of aryl methyl sites for hydroxylation is 1. The average molecular weight is 429 g/mol. The summed E-state index contributed by atoms with van der Waals surface area (Å²) in [7, 11) is 1.61. The summed E-state index contributed by atoms with van der Waals surface area (Å²) < 4.78 is 24.7. The minimum absolute atomic E-state index is 0.200. The molecule has 0 bridgehead atoms. The third-order valence-electron chi connectivity index (χ3n) is 4.04. The molecule has 0 saturated carbocycles. The molecule has 9 heteroatoms. The molecule has 0 saturated heterocycles. The first-order valence-electron chi connectivity index (χ1n) is 8.62. The molecule has 0 aliphatic heterocycles. The van der Waals surface area contributed by atoms with Crippen LogP contribution in [0.3, 0.4) is 0 Å². The van der Waals surface area contributed by atoms with Crippen molar-refractivity contribution in [3.63, 3.8) is 0 Å². The van der Waals surface area contributed by atoms with E-state index in [0.29, 0.717) is 26.5 Å². The second kappa shape index (κ2) is 8.14. The Morgan fingerprint density at radius 1 is 1.10 bits per heavy atom. The van der Waals surface area contributed by atoms with E-state index in [1.807, 2.05) is 18.2 Å². The number of amides is 1. The van der Waals surface area contributed by atoms with E-state index < -0.39 is 0 Å². The van der Waals surface area contributed by atoms with Crippen LogP contribution in [0.2, 0.25) is 0 Å². The van der Waals surface area contributed by atoms with Crippen LogP contribution in [-0.4, -0.2) is 23.0 Å². The Kier molecular flexibility index (Phi) is 5.41. The van der Waals surface area contributed by atoms with Crippen LogP contribution in [0.15, 0.2) is 42.5 Å². The van der Waals surface area contributed by atoms with E-state index in [4.69, 9.17) is 9.47 Å². The quantitative estimate of drug-likeness (QED) is 0.465. The number of carbonyl (C=O) groups excluding carboxylic acids is 1. The molecule has 4 rings (SSSR count). The van der Waals surface area contributed by atoms with Gasteiger partial charge in [-0.25, -0.2) is 14.4 Å². The number of benzene rings is 2. The maximum Gasteiger partial charge on any atom is 0.269 e. The van der Waals surface area contributed by atoms with Gasteiger partial charge in [0.05, 0.1) is 23.0 Å². The van der Waals surface area contributed by atoms with Crippen molar-refractivity contribution in [1.29, 1.82) is 0 Å². The number of hydrogen-bond acceptors (Lipinski definition) is 7. The number of ether oxygens (including phenoxy) is 2. The molecule has 2 aromatic heterocycles. The van der Waals surface area contributed by atoms with Crippen LogP contribution in [0.5, 0.6) is 11.5 Å². The fourth-order valence-corrected chi connectivity index (χ4v) is 4.40. The van der Waals surface area contributed by atoms with Crippen molar-refractivity contribution in [3.8, 4) is 11.5 Å². The van der Waals surface area contributed by atoms with Gasteiger partial charge >= 0.3 is 0 Å². The molecule has 29 heavy (non-hydrogen) atoms. The van der Waals surface area contributed by atoms with Gasteiger partial charge in [-0.15, -0.1) is 11.3 Å². The molecule has 0 spiro atoms. The van der Waals surface area contributed by atoms with E-state index in [1.54, 1.807) is 26.2 Å². The summed E-state index contributed by atoms with van der Waals surface area (Å²) in [5.74, 6) is 0.687. The van der Waals surface area contributed by atoms with Crippen LogP contribution in [0.1, 0.15) is 20.4 Å². The van der Waals surface area contributed by atoms with E-state index >= 15 is 0 Å². The summed E-state index contributed by atoms with van der Waals surface area (Å²) in [6.45, 7) is 1.97. The first-order valence-corrected chi connectivity index (χ1v) is 10.3. The molecule has 4 aromatic rings. The van der Waals surface area contributed by atoms with E-state index in [0.717, 1.165) is 16.0 Å². The number of fused-ring (bicyclic) bond motifs is 1. The van der Waals surface area contributed by atoms with E-state index in [1.165, 1.54) is 34.8 Å². The van der Waals surface area contributed by atoms with Gasteiger partial charge in [-0.3, -0.25) is 10.1 Å². The smallest absolute Gasteiger partial charge is 0.269 e. The Morgan fingerprint density at radius 3 is 2.62 bits per heavy atom. The first kappa shape index (κ1) is 19.3. The zero-order valence-corrected chi connectivity index (χ0v) is 17.2. The second-order valence-electron chi connectivity index (χ2n) is 6.07. The summed E-state index contributed by atoms with van der Waals surface area (Å²) >= 11 is 2.63. The SMILES string of the molecule is COc1ccc2nc(NC(=O)c3sc(COc4ccc(F)cc4)nc3C)sc2c1. The number of methoxy groups -OCH3 is 1. The van der Waals surface area contributed by atoms with Gasteiger partial charge in [-0.1, -0.05) is 11.3 Å². The van der Waals surface area contributed by atoms with Crippen molar-refractivity contribution in [2.24, 2.45) is 0 Å². The van der Waals surface area contributed by atoms with Gasteiger partial charge in [0.25, 0.3) is 5.91 Å². The van der Waals surface area contributed by atoms with Crippen molar-refractivity contribution in [2.45, 2.75) is 13.5 Å². The van der Waals surface area contributed by atoms with Crippen molar-refractivity contribution in [3.05, 3.63) is 63.9 Å². The number of thiazole rings is 2. The number of halogens is 1. The van der Waals surface area contributed by atoms with Gasteiger partial charge in [0.1, 0.15) is 33.8 Å². The zero-order chi connectivity index (χ0) is 20.4. The monoisotopic (exact) mass is 429 g/mol. The average Bonchev–Trinajstić information content (AvgIpc) is 3.29. The summed E-state index contributed by atoms with van der Waals surface area (Å²) in [4.78, 5) is 22.0. The molecule has 0 fully saturated rings. The Bertz CT molecular complexity index is 1170. The summed E-state index contributed by atoms with van der Waals surface area (Å²) in [5, 5.41) is 4.00. The number of nitrogens with one attached hydrogen (secondary N) is 1. The first-order chi connectivity index (χ1) is 14.0. The minimum atomic E-state index is -0.324. The normalized spacial score (nSPS) is 10.9. The molecule has 2 aromatic carbocycles. The Morgan fingerprint density at radius 2 is 1.86 bits per heavy atom. The molecule has 1 amide bonds. The zero-order valence-electron chi connectivity index (χ0n) is 15.6. The van der Waals surface area contributed by atoms with Crippen LogP contribution in [0.4, 0.5) is 9.52 Å². The molecular formula is C20H16FN3O3S2. The van der Waals surface area contributed by atoms with Gasteiger partial charge in [0, 0.05) is 0 Å². The third kappa shape index (κ3) is 4.36. The van der Waals surface area contributed by atoms with Crippen molar-refractivity contribution in [1.82, 2.24) is 9.97 Å². The molecule has 0 aliphatic carbocycles. The highest BCUT2D eigenvalue weighted by Gasteiger charge is 2.17. The molecular weight excluding hydrogens is 413 g/mol. The van der Waals surface area contributed by atoms with Crippen molar-refractivity contribution < 1.29 is 18.7 Å². The second-order valence-corrected chi connectivity index (χ2v) is 8.19. The standard InChI is InChI=1S/C20H16FN3O3S2/c1-11-18(29-17(22-11)10-27-13-5-3-12(21)4-6-13)19(25)24-20-23-15-8-7-14(26-2)9-16(15)28-20/h3-9H,10H2,1-2H3,(H,23,24,25). The highest BCUT2D eigenvalue weighted by atomic mass is 32.1. The predicted octanol–water partition coefficient (Wildman–Crippen LogP) is 5.04. The molecule has 148 valence electrons. The number of carbonyl (C=O) groups is 1. The summed E-state index contributed by atoms with van der Waals surface area (Å²) in [6, 6.07) is 11.3. The van der Waals surface area contributed by atoms with Gasteiger partial charge in [-0.2, -0.15) is 0 Å². The van der Waals surface area contributed by atoms with Gasteiger partial charge in [0.2, 0.25) is 0 Å². The Hall–Kier alpha value is -3.04. The summed E-state index contributed by atoms with van der Waals surface area (Å²) in [5.41, 5.74) is 1.41. The molecule has 0 atom stereocenters. The highest BCUT2D eigenvalue weighted by Crippen LogP contribution is 2.30. The van der Waals surface area contributed by atoms with E-state index in [-0.39, 0.29) is 18.3 Å². The Balaban J connectivity index is 1.45. The van der Waals surface area contributed by atoms with Crippen LogP contribution >= 0.6 is 22.7 Å². The number of anilines is 1. The third-order valence-corrected chi connectivity index (χ3v) is 6.10. The maximum absolute atomic E-state index is 13.0. The fourth-order valence-electron chi connectivity index (χ4n) is 2.64. The topological polar surface area (TPSA) is 73.3 Å². The molecule has 0 unspecified atom stereocenters. The van der Waals surface area contributed by atoms with Gasteiger partial charge < -0.3 is 9.47 Å². The summed E-state index contributed by atoms with van der Waals surface area (Å²) in [6.07, 6.45) is 0. The van der Waals surface area contributed by atoms with Gasteiger partial charge in [-0.05, 0) is 49.4 Å². The Labute approximate surface area is 174 Å². The molecule has 6 nitrogen and oxygen atoms in total. The lowest BCUT2D eigenvalue weighted by Crippen LogP contribution is -2.11. The van der Waals surface area contributed by atoms with Crippen LogP contribution in [-0.2, 0) is 6.61 Å². The largest absolute Gasteiger partial charge is 0.497 e. The molecule has 2 heterocycles. The van der Waals surface area contributed by atoms with Crippen molar-refractivity contribution >= 4 is 43.9 Å². The lowest BCUT2D eigenvalue weighted by atomic mass is 10.3. The van der Waals surface area contributed by atoms with Crippen LogP contribution < -0.4 is 14.8 Å². The van der Waals surface area contributed by atoms with E-state index in [2.05, 4.69) is 15.3 Å². The number of rotatable bonds is 6. The maximum atomic E-state index is 13.0.